The van der Waals surface area contributed by atoms with Crippen molar-refractivity contribution < 1.29 is 14.7 Å². The van der Waals surface area contributed by atoms with E-state index in [1.165, 1.54) is 0 Å². The highest BCUT2D eigenvalue weighted by molar-refractivity contribution is 5.92. The van der Waals surface area contributed by atoms with Gasteiger partial charge in [-0.1, -0.05) is 23.4 Å². The molecule has 0 unspecified atom stereocenters. The molecule has 1 rings (SSSR count). The number of oxime groups is 1. The number of amidine groups is 1. The van der Waals surface area contributed by atoms with E-state index < -0.39 is 11.6 Å². The predicted molar refractivity (Wildman–Crippen MR) is 63.1 cm³/mol. The molecule has 0 bridgehead atoms. The second kappa shape index (κ2) is 5.20. The zero-order valence-electron chi connectivity index (χ0n) is 9.68. The minimum absolute atomic E-state index is 0.109. The normalized spacial score (nSPS) is 12.0. The summed E-state index contributed by atoms with van der Waals surface area (Å²) >= 11 is 0. The zero-order chi connectivity index (χ0) is 12.9. The van der Waals surface area contributed by atoms with Crippen LogP contribution in [0.25, 0.3) is 0 Å². The second-order valence-corrected chi connectivity index (χ2v) is 3.94. The van der Waals surface area contributed by atoms with Crippen LogP contribution in [0.3, 0.4) is 0 Å². The molecule has 0 spiro atoms. The van der Waals surface area contributed by atoms with Crippen LogP contribution < -0.4 is 15.8 Å². The minimum Gasteiger partial charge on any atom is -0.410 e. The Kier molecular flexibility index (Phi) is 3.92. The lowest BCUT2D eigenvalue weighted by Gasteiger charge is -2.23. The van der Waals surface area contributed by atoms with Crippen LogP contribution in [0.5, 0.6) is 5.75 Å². The molecule has 0 aliphatic carbocycles. The number of nitrogens with one attached hydrogen (secondary N) is 1. The highest BCUT2D eigenvalue weighted by atomic mass is 16.6. The first kappa shape index (κ1) is 12.8. The fraction of sp³-hybridized carbons (Fsp3) is 0.273. The highest BCUT2D eigenvalue weighted by Crippen LogP contribution is 2.09. The molecular weight excluding hydrogens is 222 g/mol. The number of para-hydroxylation sites is 1. The number of carbonyl (C=O) groups excluding carboxylic acids is 1. The Morgan fingerprint density at radius 1 is 1.41 bits per heavy atom. The summed E-state index contributed by atoms with van der Waals surface area (Å²) in [6, 6.07) is 8.60. The smallest absolute Gasteiger partial charge is 0.410 e. The molecule has 0 fully saturated rings. The molecule has 6 heteroatoms. The van der Waals surface area contributed by atoms with Crippen LogP contribution in [0.15, 0.2) is 35.5 Å². The van der Waals surface area contributed by atoms with E-state index in [-0.39, 0.29) is 5.84 Å². The summed E-state index contributed by atoms with van der Waals surface area (Å²) in [5.74, 6) is 0.308. The summed E-state index contributed by atoms with van der Waals surface area (Å²) in [5.41, 5.74) is 4.44. The van der Waals surface area contributed by atoms with Gasteiger partial charge in [0.1, 0.15) is 5.75 Å². The number of nitrogens with zero attached hydrogens (tertiary/aromatic N) is 1. The quantitative estimate of drug-likeness (QED) is 0.319. The number of hydrogen-bond donors (Lipinski definition) is 3. The Bertz CT molecular complexity index is 415. The van der Waals surface area contributed by atoms with E-state index in [2.05, 4.69) is 10.5 Å². The number of ether oxygens (including phenoxy) is 1. The Morgan fingerprint density at radius 3 is 2.53 bits per heavy atom. The van der Waals surface area contributed by atoms with Gasteiger partial charge in [0.05, 0.1) is 5.54 Å². The molecule has 0 saturated carbocycles. The molecule has 92 valence electrons. The fourth-order valence-electron chi connectivity index (χ4n) is 1.07. The summed E-state index contributed by atoms with van der Waals surface area (Å²) in [6.07, 6.45) is -0.673. The fourth-order valence-corrected chi connectivity index (χ4v) is 1.07. The van der Waals surface area contributed by atoms with Crippen LogP contribution in [0.4, 0.5) is 4.79 Å². The average molecular weight is 237 g/mol. The summed E-state index contributed by atoms with van der Waals surface area (Å²) in [7, 11) is 0. The lowest BCUT2D eigenvalue weighted by atomic mass is 10.1. The average Bonchev–Trinajstić information content (AvgIpc) is 2.28. The number of rotatable bonds is 3. The molecule has 17 heavy (non-hydrogen) atoms. The third kappa shape index (κ3) is 3.67. The van der Waals surface area contributed by atoms with E-state index in [4.69, 9.17) is 15.7 Å². The van der Waals surface area contributed by atoms with Crippen LogP contribution in [-0.4, -0.2) is 22.7 Å². The molecule has 6 nitrogen and oxygen atoms in total. The van der Waals surface area contributed by atoms with Gasteiger partial charge < -0.3 is 21.0 Å². The lowest BCUT2D eigenvalue weighted by Crippen LogP contribution is -2.53. The van der Waals surface area contributed by atoms with Crippen LogP contribution in [-0.2, 0) is 0 Å². The van der Waals surface area contributed by atoms with Gasteiger partial charge in [-0.05, 0) is 26.0 Å². The van der Waals surface area contributed by atoms with Gasteiger partial charge in [-0.3, -0.25) is 0 Å². The number of nitrogens with two attached hydrogens (primary N) is 1. The van der Waals surface area contributed by atoms with E-state index in [0.29, 0.717) is 5.75 Å². The van der Waals surface area contributed by atoms with Gasteiger partial charge in [-0.15, -0.1) is 0 Å². The van der Waals surface area contributed by atoms with E-state index >= 15 is 0 Å². The first-order chi connectivity index (χ1) is 7.95. The lowest BCUT2D eigenvalue weighted by molar-refractivity contribution is 0.194. The van der Waals surface area contributed by atoms with Crippen LogP contribution in [0.1, 0.15) is 13.8 Å². The van der Waals surface area contributed by atoms with Crippen molar-refractivity contribution in [1.29, 1.82) is 0 Å². The molecule has 4 N–H and O–H groups in total. The summed E-state index contributed by atoms with van der Waals surface area (Å²) < 4.78 is 5.00. The van der Waals surface area contributed by atoms with E-state index in [9.17, 15) is 4.79 Å². The van der Waals surface area contributed by atoms with Crippen molar-refractivity contribution in [2.24, 2.45) is 10.9 Å². The third-order valence-electron chi connectivity index (χ3n) is 2.12. The highest BCUT2D eigenvalue weighted by Gasteiger charge is 2.26. The molecule has 0 atom stereocenters. The largest absolute Gasteiger partial charge is 0.413 e. The van der Waals surface area contributed by atoms with Crippen LogP contribution in [0, 0.1) is 0 Å². The summed E-state index contributed by atoms with van der Waals surface area (Å²) in [5, 5.41) is 13.9. The van der Waals surface area contributed by atoms with Gasteiger partial charge in [0.15, 0.2) is 5.84 Å². The van der Waals surface area contributed by atoms with Crippen molar-refractivity contribution >= 4 is 11.9 Å². The Hall–Kier alpha value is -2.24. The van der Waals surface area contributed by atoms with Crippen LogP contribution in [0.2, 0.25) is 0 Å². The molecule has 1 aromatic carbocycles. The molecule has 1 aromatic rings. The summed E-state index contributed by atoms with van der Waals surface area (Å²) in [4.78, 5) is 11.5. The zero-order valence-corrected chi connectivity index (χ0v) is 9.68. The third-order valence-corrected chi connectivity index (χ3v) is 2.12. The van der Waals surface area contributed by atoms with Gasteiger partial charge >= 0.3 is 6.09 Å². The maximum atomic E-state index is 11.5. The van der Waals surface area contributed by atoms with Crippen molar-refractivity contribution in [3.05, 3.63) is 30.3 Å². The monoisotopic (exact) mass is 237 g/mol. The Labute approximate surface area is 99.1 Å². The van der Waals surface area contributed by atoms with Gasteiger partial charge in [-0.2, -0.15) is 0 Å². The SMILES string of the molecule is CC(C)(NC(=O)Oc1ccccc1)/C(N)=N/O. The van der Waals surface area contributed by atoms with Crippen molar-refractivity contribution in [2.75, 3.05) is 0 Å². The minimum atomic E-state index is -0.986. The van der Waals surface area contributed by atoms with Gasteiger partial charge in [0.25, 0.3) is 0 Å². The molecule has 0 heterocycles. The first-order valence-electron chi connectivity index (χ1n) is 4.99. The molecule has 1 amide bonds. The Morgan fingerprint density at radius 2 is 2.00 bits per heavy atom. The molecule has 0 aliphatic heterocycles. The number of benzene rings is 1. The standard InChI is InChI=1S/C11H15N3O3/c1-11(2,9(12)14-16)13-10(15)17-8-6-4-3-5-7-8/h3-7,16H,1-2H3,(H2,12,14)(H,13,15). The van der Waals surface area contributed by atoms with E-state index in [1.807, 2.05) is 6.07 Å². The predicted octanol–water partition coefficient (Wildman–Crippen LogP) is 1.30. The molecule has 0 radical (unpaired) electrons. The van der Waals surface area contributed by atoms with Crippen molar-refractivity contribution in [2.45, 2.75) is 19.4 Å². The molecule has 0 aliphatic rings. The van der Waals surface area contributed by atoms with Crippen LogP contribution >= 0.6 is 0 Å². The van der Waals surface area contributed by atoms with E-state index in [0.717, 1.165) is 0 Å². The topological polar surface area (TPSA) is 96.9 Å². The van der Waals surface area contributed by atoms with Gasteiger partial charge in [-0.25, -0.2) is 4.79 Å². The summed E-state index contributed by atoms with van der Waals surface area (Å²) in [6.45, 7) is 3.18. The maximum Gasteiger partial charge on any atom is 0.413 e. The second-order valence-electron chi connectivity index (χ2n) is 3.94. The van der Waals surface area contributed by atoms with Crippen molar-refractivity contribution in [1.82, 2.24) is 5.32 Å². The number of hydrogen-bond acceptors (Lipinski definition) is 4. The maximum absolute atomic E-state index is 11.5. The van der Waals surface area contributed by atoms with E-state index in [1.54, 1.807) is 38.1 Å². The van der Waals surface area contributed by atoms with Gasteiger partial charge in [0, 0.05) is 0 Å². The number of carbonyl (C=O) groups is 1. The molecule has 0 saturated heterocycles. The molecule has 0 aromatic heterocycles. The first-order valence-corrected chi connectivity index (χ1v) is 4.99. The van der Waals surface area contributed by atoms with Crippen molar-refractivity contribution in [3.8, 4) is 5.75 Å². The van der Waals surface area contributed by atoms with Crippen molar-refractivity contribution in [3.63, 3.8) is 0 Å². The molecular formula is C11H15N3O3. The van der Waals surface area contributed by atoms with Gasteiger partial charge in [0.2, 0.25) is 0 Å². The Balaban J connectivity index is 2.62. The number of amides is 1.